The Hall–Kier alpha value is -1.10. The smallest absolute Gasteiger partial charge is 0.227 e. The molecular weight excluding hydrogens is 274 g/mol. The minimum absolute atomic E-state index is 0. The normalized spacial score (nSPS) is 20.2. The molecule has 1 aliphatic heterocycles. The summed E-state index contributed by atoms with van der Waals surface area (Å²) in [4.78, 5) is 14.3. The van der Waals surface area contributed by atoms with Gasteiger partial charge < -0.3 is 4.90 Å². The fraction of sp³-hybridized carbons (Fsp3) is 0.533. The number of benzene rings is 1. The van der Waals surface area contributed by atoms with Crippen LogP contribution in [0.2, 0.25) is 0 Å². The van der Waals surface area contributed by atoms with Crippen LogP contribution in [0.5, 0.6) is 0 Å². The molecule has 1 amide bonds. The van der Waals surface area contributed by atoms with Crippen LogP contribution in [0.4, 0.5) is 5.69 Å². The van der Waals surface area contributed by atoms with Crippen molar-refractivity contribution in [3.8, 4) is 0 Å². The van der Waals surface area contributed by atoms with Crippen molar-refractivity contribution in [3.63, 3.8) is 0 Å². The summed E-state index contributed by atoms with van der Waals surface area (Å²) in [6.45, 7) is 3.80. The summed E-state index contributed by atoms with van der Waals surface area (Å²) in [5.41, 5.74) is 1.01. The number of hydrogen-bond acceptors (Lipinski definition) is 3. The van der Waals surface area contributed by atoms with Gasteiger partial charge >= 0.3 is 0 Å². The number of hydrogen-bond donors (Lipinski definition) is 0. The molecule has 1 fully saturated rings. The number of carbonyl (C=O) groups excluding carboxylic acids is 1. The highest BCUT2D eigenvalue weighted by molar-refractivity contribution is 5.93. The van der Waals surface area contributed by atoms with Crippen LogP contribution >= 0.6 is 12.4 Å². The first-order valence-corrected chi connectivity index (χ1v) is 6.92. The molecule has 1 aromatic rings. The zero-order valence-corrected chi connectivity index (χ0v) is 13.3. The lowest BCUT2D eigenvalue weighted by atomic mass is 10.1. The Labute approximate surface area is 127 Å². The maximum atomic E-state index is 12.3. The molecule has 0 aromatic heterocycles. The van der Waals surface area contributed by atoms with Gasteiger partial charge in [0.15, 0.2) is 0 Å². The number of halogens is 1. The standard InChI is InChI=1S/C15H23N3O.ClH/c1-4-15(19)18(13-8-6-5-7-9-13)14-10-11-16(2)17(3)12-14;/h5-9,14H,4,10-12H2,1-3H3;1H. The summed E-state index contributed by atoms with van der Waals surface area (Å²) in [6, 6.07) is 10.3. The Balaban J connectivity index is 0.00000200. The Kier molecular flexibility index (Phi) is 6.46. The molecule has 0 bridgehead atoms. The molecule has 112 valence electrons. The Morgan fingerprint density at radius 1 is 1.25 bits per heavy atom. The van der Waals surface area contributed by atoms with Crippen LogP contribution in [0.3, 0.4) is 0 Å². The quantitative estimate of drug-likeness (QED) is 0.857. The van der Waals surface area contributed by atoms with E-state index in [1.807, 2.05) is 42.2 Å². The first-order chi connectivity index (χ1) is 9.13. The molecule has 0 N–H and O–H groups in total. The van der Waals surface area contributed by atoms with Crippen molar-refractivity contribution >= 4 is 24.0 Å². The number of amides is 1. The van der Waals surface area contributed by atoms with Gasteiger partial charge in [-0.15, -0.1) is 12.4 Å². The van der Waals surface area contributed by atoms with Crippen LogP contribution in [0.25, 0.3) is 0 Å². The number of likely N-dealkylation sites (N-methyl/N-ethyl adjacent to an activating group) is 1. The van der Waals surface area contributed by atoms with Gasteiger partial charge in [0, 0.05) is 39.3 Å². The summed E-state index contributed by atoms with van der Waals surface area (Å²) in [6.07, 6.45) is 1.56. The van der Waals surface area contributed by atoms with E-state index in [2.05, 4.69) is 24.1 Å². The van der Waals surface area contributed by atoms with Crippen molar-refractivity contribution in [1.29, 1.82) is 0 Å². The lowest BCUT2D eigenvalue weighted by Crippen LogP contribution is -2.55. The third kappa shape index (κ3) is 3.72. The Morgan fingerprint density at radius 3 is 2.45 bits per heavy atom. The van der Waals surface area contributed by atoms with Gasteiger partial charge in [-0.3, -0.25) is 4.79 Å². The third-order valence-corrected chi connectivity index (χ3v) is 3.81. The summed E-state index contributed by atoms with van der Waals surface area (Å²) in [5, 5.41) is 4.39. The SMILES string of the molecule is CCC(=O)N(c1ccccc1)C1CCN(C)N(C)C1.Cl. The maximum absolute atomic E-state index is 12.3. The van der Waals surface area contributed by atoms with E-state index in [4.69, 9.17) is 0 Å². The van der Waals surface area contributed by atoms with Crippen molar-refractivity contribution in [2.75, 3.05) is 32.1 Å². The maximum Gasteiger partial charge on any atom is 0.227 e. The molecule has 0 radical (unpaired) electrons. The number of carbonyl (C=O) groups is 1. The highest BCUT2D eigenvalue weighted by Crippen LogP contribution is 2.22. The summed E-state index contributed by atoms with van der Waals surface area (Å²) < 4.78 is 0. The molecule has 20 heavy (non-hydrogen) atoms. The summed E-state index contributed by atoms with van der Waals surface area (Å²) in [7, 11) is 4.16. The van der Waals surface area contributed by atoms with Crippen molar-refractivity contribution in [3.05, 3.63) is 30.3 Å². The average Bonchev–Trinajstić information content (AvgIpc) is 2.44. The number of anilines is 1. The Bertz CT molecular complexity index is 426. The molecule has 1 aromatic carbocycles. The van der Waals surface area contributed by atoms with E-state index in [9.17, 15) is 4.79 Å². The molecule has 2 rings (SSSR count). The van der Waals surface area contributed by atoms with Crippen molar-refractivity contribution in [2.24, 2.45) is 0 Å². The number of hydrazine groups is 1. The van der Waals surface area contributed by atoms with Crippen LogP contribution in [-0.2, 0) is 4.79 Å². The van der Waals surface area contributed by atoms with E-state index >= 15 is 0 Å². The fourth-order valence-corrected chi connectivity index (χ4v) is 2.57. The third-order valence-electron chi connectivity index (χ3n) is 3.81. The van der Waals surface area contributed by atoms with Gasteiger partial charge in [0.25, 0.3) is 0 Å². The molecule has 0 spiro atoms. The molecule has 1 atom stereocenters. The molecule has 1 aliphatic rings. The molecule has 0 aliphatic carbocycles. The van der Waals surface area contributed by atoms with E-state index < -0.39 is 0 Å². The minimum atomic E-state index is 0. The zero-order chi connectivity index (χ0) is 13.8. The first kappa shape index (κ1) is 17.0. The van der Waals surface area contributed by atoms with Crippen LogP contribution in [0, 0.1) is 0 Å². The van der Waals surface area contributed by atoms with E-state index in [-0.39, 0.29) is 24.4 Å². The second-order valence-electron chi connectivity index (χ2n) is 5.12. The van der Waals surface area contributed by atoms with Gasteiger partial charge in [-0.1, -0.05) is 25.1 Å². The predicted molar refractivity (Wildman–Crippen MR) is 85.1 cm³/mol. The van der Waals surface area contributed by atoms with Crippen molar-refractivity contribution < 1.29 is 4.79 Å². The molecule has 4 nitrogen and oxygen atoms in total. The highest BCUT2D eigenvalue weighted by Gasteiger charge is 2.29. The minimum Gasteiger partial charge on any atom is -0.308 e. The van der Waals surface area contributed by atoms with Crippen LogP contribution < -0.4 is 4.90 Å². The van der Waals surface area contributed by atoms with Crippen LogP contribution in [0.1, 0.15) is 19.8 Å². The summed E-state index contributed by atoms with van der Waals surface area (Å²) in [5.74, 6) is 0.203. The largest absolute Gasteiger partial charge is 0.308 e. The highest BCUT2D eigenvalue weighted by atomic mass is 35.5. The number of para-hydroxylation sites is 1. The van der Waals surface area contributed by atoms with E-state index in [1.165, 1.54) is 0 Å². The fourth-order valence-electron chi connectivity index (χ4n) is 2.57. The van der Waals surface area contributed by atoms with E-state index in [0.717, 1.165) is 25.2 Å². The van der Waals surface area contributed by atoms with Crippen molar-refractivity contribution in [1.82, 2.24) is 10.0 Å². The molecular formula is C15H24ClN3O. The topological polar surface area (TPSA) is 26.8 Å². The predicted octanol–water partition coefficient (Wildman–Crippen LogP) is 2.40. The second kappa shape index (κ2) is 7.62. The van der Waals surface area contributed by atoms with E-state index in [0.29, 0.717) is 6.42 Å². The molecule has 5 heteroatoms. The molecule has 1 unspecified atom stereocenters. The lowest BCUT2D eigenvalue weighted by molar-refractivity contribution is -0.119. The average molecular weight is 298 g/mol. The van der Waals surface area contributed by atoms with Crippen molar-refractivity contribution in [2.45, 2.75) is 25.8 Å². The summed E-state index contributed by atoms with van der Waals surface area (Å²) >= 11 is 0. The zero-order valence-electron chi connectivity index (χ0n) is 12.5. The van der Waals surface area contributed by atoms with Crippen LogP contribution in [-0.4, -0.2) is 49.2 Å². The molecule has 1 heterocycles. The monoisotopic (exact) mass is 297 g/mol. The van der Waals surface area contributed by atoms with Gasteiger partial charge in [0.05, 0.1) is 6.04 Å². The molecule has 0 saturated carbocycles. The number of nitrogens with zero attached hydrogens (tertiary/aromatic N) is 3. The first-order valence-electron chi connectivity index (χ1n) is 6.92. The lowest BCUT2D eigenvalue weighted by Gasteiger charge is -2.42. The van der Waals surface area contributed by atoms with Gasteiger partial charge in [-0.05, 0) is 18.6 Å². The second-order valence-corrected chi connectivity index (χ2v) is 5.12. The van der Waals surface area contributed by atoms with Gasteiger partial charge in [-0.2, -0.15) is 0 Å². The van der Waals surface area contributed by atoms with Crippen LogP contribution in [0.15, 0.2) is 30.3 Å². The Morgan fingerprint density at radius 2 is 1.90 bits per heavy atom. The molecule has 1 saturated heterocycles. The van der Waals surface area contributed by atoms with Gasteiger partial charge in [0.2, 0.25) is 5.91 Å². The van der Waals surface area contributed by atoms with Gasteiger partial charge in [0.1, 0.15) is 0 Å². The number of rotatable bonds is 3. The van der Waals surface area contributed by atoms with Gasteiger partial charge in [-0.25, -0.2) is 10.0 Å². The van der Waals surface area contributed by atoms with E-state index in [1.54, 1.807) is 0 Å².